The Morgan fingerprint density at radius 3 is 0.975 bits per heavy atom. The van der Waals surface area contributed by atoms with Crippen LogP contribution in [0.4, 0.5) is 0 Å². The van der Waals surface area contributed by atoms with Crippen LogP contribution in [0, 0.1) is 13.8 Å². The zero-order valence-corrected chi connectivity index (χ0v) is 24.9. The normalized spacial score (nSPS) is 13.5. The first-order chi connectivity index (χ1) is 18.9. The molecule has 0 N–H and O–H groups in total. The largest absolute Gasteiger partial charge is 0.0561 e. The minimum atomic E-state index is 0.0574. The molecule has 0 aliphatic carbocycles. The van der Waals surface area contributed by atoms with Crippen LogP contribution >= 0.6 is 0 Å². The van der Waals surface area contributed by atoms with E-state index in [4.69, 9.17) is 0 Å². The monoisotopic (exact) mass is 516 g/mol. The van der Waals surface area contributed by atoms with E-state index < -0.39 is 0 Å². The third-order valence-corrected chi connectivity index (χ3v) is 9.41. The minimum Gasteiger partial charge on any atom is -0.0561 e. The number of hydrogen-bond donors (Lipinski definition) is 0. The maximum atomic E-state index is 2.52. The van der Waals surface area contributed by atoms with E-state index in [9.17, 15) is 0 Å². The fourth-order valence-electron chi connectivity index (χ4n) is 7.44. The molecule has 0 bridgehead atoms. The van der Waals surface area contributed by atoms with Crippen molar-refractivity contribution in [1.29, 1.82) is 0 Å². The highest BCUT2D eigenvalue weighted by Gasteiger charge is 2.25. The van der Waals surface area contributed by atoms with Crippen molar-refractivity contribution in [3.63, 3.8) is 0 Å². The number of benzene rings is 8. The quantitative estimate of drug-likeness (QED) is 0.139. The predicted molar refractivity (Wildman–Crippen MR) is 178 cm³/mol. The van der Waals surface area contributed by atoms with E-state index in [1.165, 1.54) is 97.7 Å². The average molecular weight is 517 g/mol. The van der Waals surface area contributed by atoms with Gasteiger partial charge in [0.15, 0.2) is 0 Å². The summed E-state index contributed by atoms with van der Waals surface area (Å²) < 4.78 is 0. The molecule has 8 rings (SSSR count). The van der Waals surface area contributed by atoms with Crippen molar-refractivity contribution in [3.05, 3.63) is 95.1 Å². The number of fused-ring (bicyclic) bond motifs is 5. The fourth-order valence-corrected chi connectivity index (χ4v) is 7.44. The van der Waals surface area contributed by atoms with E-state index in [-0.39, 0.29) is 10.8 Å². The Labute approximate surface area is 236 Å². The molecule has 0 heteroatoms. The maximum Gasteiger partial charge on any atom is -0.00132 e. The van der Waals surface area contributed by atoms with E-state index in [0.717, 1.165) is 0 Å². The molecule has 0 fully saturated rings. The van der Waals surface area contributed by atoms with Gasteiger partial charge in [-0.2, -0.15) is 0 Å². The molecule has 0 saturated heterocycles. The van der Waals surface area contributed by atoms with Crippen molar-refractivity contribution in [1.82, 2.24) is 0 Å². The van der Waals surface area contributed by atoms with Crippen molar-refractivity contribution < 1.29 is 0 Å². The smallest absolute Gasteiger partial charge is 0.00132 e. The first-order valence-electron chi connectivity index (χ1n) is 14.7. The summed E-state index contributed by atoms with van der Waals surface area (Å²) in [6, 6.07) is 29.0. The van der Waals surface area contributed by atoms with Gasteiger partial charge in [0, 0.05) is 0 Å². The van der Waals surface area contributed by atoms with Crippen LogP contribution in [0.25, 0.3) is 75.4 Å². The number of aryl methyl sites for hydroxylation is 2. The lowest BCUT2D eigenvalue weighted by molar-refractivity contribution is 0.591. The van der Waals surface area contributed by atoms with Gasteiger partial charge in [0.25, 0.3) is 0 Å². The second kappa shape index (κ2) is 7.43. The molecule has 0 aromatic heterocycles. The van der Waals surface area contributed by atoms with E-state index in [1.54, 1.807) is 0 Å². The first kappa shape index (κ1) is 23.9. The van der Waals surface area contributed by atoms with Crippen molar-refractivity contribution in [3.8, 4) is 0 Å². The lowest BCUT2D eigenvalue weighted by atomic mass is 9.78. The van der Waals surface area contributed by atoms with Gasteiger partial charge >= 0.3 is 0 Å². The fraction of sp³-hybridized carbons (Fsp3) is 0.250. The van der Waals surface area contributed by atoms with Crippen LogP contribution in [0.1, 0.15) is 63.8 Å². The van der Waals surface area contributed by atoms with Gasteiger partial charge in [-0.3, -0.25) is 0 Å². The molecule has 0 saturated carbocycles. The topological polar surface area (TPSA) is 0 Å². The predicted octanol–water partition coefficient (Wildman–Crippen LogP) is 11.8. The van der Waals surface area contributed by atoms with Crippen LogP contribution in [-0.2, 0) is 10.8 Å². The molecule has 0 unspecified atom stereocenters. The van der Waals surface area contributed by atoms with E-state index in [0.29, 0.717) is 0 Å². The van der Waals surface area contributed by atoms with Crippen LogP contribution in [0.15, 0.2) is 72.8 Å². The summed E-state index contributed by atoms with van der Waals surface area (Å²) in [5, 5.41) is 19.5. The molecule has 0 aliphatic heterocycles. The lowest BCUT2D eigenvalue weighted by Crippen LogP contribution is -2.11. The minimum absolute atomic E-state index is 0.0574. The summed E-state index contributed by atoms with van der Waals surface area (Å²) in [6.07, 6.45) is 0. The van der Waals surface area contributed by atoms with E-state index in [1.807, 2.05) is 0 Å². The van der Waals surface area contributed by atoms with Crippen molar-refractivity contribution in [2.24, 2.45) is 0 Å². The van der Waals surface area contributed by atoms with Gasteiger partial charge in [0.2, 0.25) is 0 Å². The summed E-state index contributed by atoms with van der Waals surface area (Å²) >= 11 is 0. The molecule has 0 aliphatic rings. The summed E-state index contributed by atoms with van der Waals surface area (Å²) in [5.41, 5.74) is 5.55. The molecular formula is C40H36. The third-order valence-electron chi connectivity index (χ3n) is 9.41. The molecule has 0 amide bonds. The molecule has 196 valence electrons. The third kappa shape index (κ3) is 3.08. The zero-order valence-electron chi connectivity index (χ0n) is 24.9. The Balaban J connectivity index is 1.82. The zero-order chi connectivity index (χ0) is 27.9. The van der Waals surface area contributed by atoms with Crippen LogP contribution < -0.4 is 0 Å². The first-order valence-corrected chi connectivity index (χ1v) is 14.7. The van der Waals surface area contributed by atoms with Gasteiger partial charge in [-0.05, 0) is 134 Å². The Morgan fingerprint density at radius 1 is 0.350 bits per heavy atom. The van der Waals surface area contributed by atoms with Crippen LogP contribution in [0.5, 0.6) is 0 Å². The Bertz CT molecular complexity index is 2160. The molecule has 8 aromatic carbocycles. The average Bonchev–Trinajstić information content (AvgIpc) is 2.88. The van der Waals surface area contributed by atoms with Crippen molar-refractivity contribution in [2.75, 3.05) is 0 Å². The van der Waals surface area contributed by atoms with Crippen molar-refractivity contribution in [2.45, 2.75) is 66.2 Å². The SMILES string of the molecule is Cc1cc2ccc3cc(C(C)(C)C)cc4c3c2c(c1)c1c2cc(C(C)(C)C)cc3ccc5cc(C)cc(c5c32)c41. The maximum absolute atomic E-state index is 2.52. The van der Waals surface area contributed by atoms with E-state index >= 15 is 0 Å². The van der Waals surface area contributed by atoms with Crippen LogP contribution in [0.2, 0.25) is 0 Å². The van der Waals surface area contributed by atoms with Crippen LogP contribution in [0.3, 0.4) is 0 Å². The van der Waals surface area contributed by atoms with Gasteiger partial charge in [0.05, 0.1) is 0 Å². The molecule has 0 radical (unpaired) electrons. The Morgan fingerprint density at radius 2 is 0.650 bits per heavy atom. The molecule has 0 nitrogen and oxygen atoms in total. The lowest BCUT2D eigenvalue weighted by Gasteiger charge is -2.26. The highest BCUT2D eigenvalue weighted by atomic mass is 14.3. The second-order valence-corrected chi connectivity index (χ2v) is 14.4. The summed E-state index contributed by atoms with van der Waals surface area (Å²) in [4.78, 5) is 0. The van der Waals surface area contributed by atoms with Crippen LogP contribution in [-0.4, -0.2) is 0 Å². The number of hydrogen-bond acceptors (Lipinski definition) is 0. The van der Waals surface area contributed by atoms with E-state index in [2.05, 4.69) is 128 Å². The van der Waals surface area contributed by atoms with Gasteiger partial charge in [-0.15, -0.1) is 0 Å². The highest BCUT2D eigenvalue weighted by Crippen LogP contribution is 2.50. The summed E-state index contributed by atoms with van der Waals surface area (Å²) in [7, 11) is 0. The summed E-state index contributed by atoms with van der Waals surface area (Å²) in [6.45, 7) is 18.5. The molecule has 0 atom stereocenters. The summed E-state index contributed by atoms with van der Waals surface area (Å²) in [5.74, 6) is 0. The molecule has 40 heavy (non-hydrogen) atoms. The standard InChI is InChI=1S/C40H36/c1-21-13-23-9-11-25-17-28(40(6,7)8)20-32-35(25)33(23)29(15-21)37-31-19-27(39(3,4)5)18-26-12-10-24-14-22(2)16-30(38(32)37)34(24)36(26)31/h9-20H,1-8H3. The van der Waals surface area contributed by atoms with Gasteiger partial charge in [-0.1, -0.05) is 102 Å². The van der Waals surface area contributed by atoms with Gasteiger partial charge in [-0.25, -0.2) is 0 Å². The molecule has 0 spiro atoms. The second-order valence-electron chi connectivity index (χ2n) is 14.4. The Hall–Kier alpha value is -3.90. The van der Waals surface area contributed by atoms with Gasteiger partial charge < -0.3 is 0 Å². The van der Waals surface area contributed by atoms with Crippen molar-refractivity contribution >= 4 is 75.4 Å². The molecule has 0 heterocycles. The van der Waals surface area contributed by atoms with Gasteiger partial charge in [0.1, 0.15) is 0 Å². The highest BCUT2D eigenvalue weighted by molar-refractivity contribution is 6.45. The molecular weight excluding hydrogens is 480 g/mol. The number of rotatable bonds is 0. The molecule has 8 aromatic rings. The Kier molecular flexibility index (Phi) is 4.45.